The molecule has 0 unspecified atom stereocenters. The van der Waals surface area contributed by atoms with Gasteiger partial charge in [0.1, 0.15) is 0 Å². The van der Waals surface area contributed by atoms with Crippen molar-refractivity contribution in [1.82, 2.24) is 10.2 Å². The van der Waals surface area contributed by atoms with Crippen molar-refractivity contribution in [3.05, 3.63) is 24.3 Å². The minimum absolute atomic E-state index is 0.107. The maximum atomic E-state index is 12.2. The van der Waals surface area contributed by atoms with Gasteiger partial charge in [0.25, 0.3) is 0 Å². The summed E-state index contributed by atoms with van der Waals surface area (Å²) in [6.07, 6.45) is 3.93. The number of hydrogen-bond donors (Lipinski definition) is 2. The maximum absolute atomic E-state index is 12.2. The van der Waals surface area contributed by atoms with Crippen molar-refractivity contribution >= 4 is 51.4 Å². The molecule has 0 radical (unpaired) electrons. The van der Waals surface area contributed by atoms with Crippen LogP contribution in [0.4, 0.5) is 16.5 Å². The van der Waals surface area contributed by atoms with Crippen molar-refractivity contribution in [1.29, 1.82) is 0 Å². The number of carbonyl (C=O) groups excluding carboxylic acids is 2. The average Bonchev–Trinajstić information content (AvgIpc) is 3.48. The van der Waals surface area contributed by atoms with Crippen molar-refractivity contribution in [3.8, 4) is 0 Å². The van der Waals surface area contributed by atoms with Gasteiger partial charge >= 0.3 is 0 Å². The van der Waals surface area contributed by atoms with Crippen molar-refractivity contribution in [2.24, 2.45) is 0 Å². The minimum atomic E-state index is -0.107. The Balaban J connectivity index is 1.21. The van der Waals surface area contributed by atoms with Gasteiger partial charge in [0, 0.05) is 37.5 Å². The molecule has 1 atom stereocenters. The molecule has 2 aromatic rings. The van der Waals surface area contributed by atoms with E-state index in [0.717, 1.165) is 54.1 Å². The van der Waals surface area contributed by atoms with Crippen molar-refractivity contribution in [3.63, 3.8) is 0 Å². The molecule has 2 saturated heterocycles. The van der Waals surface area contributed by atoms with Crippen molar-refractivity contribution in [2.45, 2.75) is 36.1 Å². The van der Waals surface area contributed by atoms with Crippen LogP contribution >= 0.6 is 23.1 Å². The number of amides is 2. The second-order valence-corrected chi connectivity index (χ2v) is 9.12. The highest BCUT2D eigenvalue weighted by atomic mass is 32.2. The molecule has 4 rings (SSSR count). The first kappa shape index (κ1) is 20.1. The average molecular weight is 434 g/mol. The third kappa shape index (κ3) is 5.46. The van der Waals surface area contributed by atoms with Crippen LogP contribution in [-0.4, -0.2) is 53.6 Å². The summed E-state index contributed by atoms with van der Waals surface area (Å²) in [6.45, 7) is 2.32. The number of anilines is 3. The summed E-state index contributed by atoms with van der Waals surface area (Å²) in [4.78, 5) is 25.8. The Labute approximate surface area is 177 Å². The fourth-order valence-corrected chi connectivity index (χ4v) is 4.88. The van der Waals surface area contributed by atoms with Gasteiger partial charge in [0.05, 0.1) is 11.9 Å². The van der Waals surface area contributed by atoms with E-state index in [0.29, 0.717) is 12.1 Å². The number of nitrogens with zero attached hydrogens (tertiary/aromatic N) is 3. The predicted molar refractivity (Wildman–Crippen MR) is 115 cm³/mol. The van der Waals surface area contributed by atoms with E-state index in [-0.39, 0.29) is 23.7 Å². The molecule has 0 aliphatic carbocycles. The highest BCUT2D eigenvalue weighted by Crippen LogP contribution is 2.27. The quantitative estimate of drug-likeness (QED) is 0.618. The van der Waals surface area contributed by atoms with Gasteiger partial charge in [0.2, 0.25) is 16.9 Å². The standard InChI is InChI=1S/C19H23N5O3S2/c25-16(21-13-5-7-14(8-6-13)24-9-1-4-17(24)26)12-28-19-23-22-18(29-19)20-11-15-3-2-10-27-15/h5-8,15H,1-4,9-12H2,(H,20,22)(H,21,25)/t15-/m0/s1. The number of nitrogens with one attached hydrogen (secondary N) is 2. The smallest absolute Gasteiger partial charge is 0.234 e. The first-order chi connectivity index (χ1) is 14.2. The number of ether oxygens (including phenoxy) is 1. The number of benzene rings is 1. The van der Waals surface area contributed by atoms with Gasteiger partial charge in [-0.25, -0.2) is 0 Å². The van der Waals surface area contributed by atoms with E-state index < -0.39 is 0 Å². The number of carbonyl (C=O) groups is 2. The van der Waals surface area contributed by atoms with Crippen molar-refractivity contribution in [2.75, 3.05) is 41.0 Å². The summed E-state index contributed by atoms with van der Waals surface area (Å²) >= 11 is 2.80. The zero-order chi connectivity index (χ0) is 20.1. The molecule has 10 heteroatoms. The van der Waals surface area contributed by atoms with Gasteiger partial charge in [0.15, 0.2) is 4.34 Å². The van der Waals surface area contributed by atoms with Crippen LogP contribution in [-0.2, 0) is 14.3 Å². The van der Waals surface area contributed by atoms with E-state index in [9.17, 15) is 9.59 Å². The van der Waals surface area contributed by atoms with Gasteiger partial charge in [-0.15, -0.1) is 10.2 Å². The number of hydrogen-bond acceptors (Lipinski definition) is 8. The van der Waals surface area contributed by atoms with Gasteiger partial charge in [-0.1, -0.05) is 23.1 Å². The Bertz CT molecular complexity index is 852. The Hall–Kier alpha value is -2.17. The molecule has 2 N–H and O–H groups in total. The molecule has 2 amide bonds. The Kier molecular flexibility index (Phi) is 6.63. The lowest BCUT2D eigenvalue weighted by atomic mass is 10.2. The number of thioether (sulfide) groups is 1. The summed E-state index contributed by atoms with van der Waals surface area (Å²) in [5.41, 5.74) is 1.58. The summed E-state index contributed by atoms with van der Waals surface area (Å²) in [7, 11) is 0. The van der Waals surface area contributed by atoms with E-state index in [1.54, 1.807) is 4.90 Å². The second-order valence-electron chi connectivity index (χ2n) is 6.92. The Morgan fingerprint density at radius 3 is 2.86 bits per heavy atom. The molecule has 8 nitrogen and oxygen atoms in total. The SMILES string of the molecule is O=C(CSc1nnc(NC[C@@H]2CCCO2)s1)Nc1ccc(N2CCCC2=O)cc1. The molecular weight excluding hydrogens is 410 g/mol. The van der Waals surface area contributed by atoms with E-state index >= 15 is 0 Å². The lowest BCUT2D eigenvalue weighted by Crippen LogP contribution is -2.23. The molecule has 2 fully saturated rings. The molecule has 0 saturated carbocycles. The zero-order valence-electron chi connectivity index (χ0n) is 15.9. The van der Waals surface area contributed by atoms with Crippen LogP contribution in [0.15, 0.2) is 28.6 Å². The fourth-order valence-electron chi connectivity index (χ4n) is 3.32. The molecule has 3 heterocycles. The summed E-state index contributed by atoms with van der Waals surface area (Å²) in [5, 5.41) is 15.1. The molecular formula is C19H23N5O3S2. The Morgan fingerprint density at radius 2 is 2.14 bits per heavy atom. The second kappa shape index (κ2) is 9.55. The van der Waals surface area contributed by atoms with E-state index in [1.807, 2.05) is 24.3 Å². The molecule has 1 aromatic heterocycles. The van der Waals surface area contributed by atoms with Crippen LogP contribution in [0.25, 0.3) is 0 Å². The van der Waals surface area contributed by atoms with E-state index in [4.69, 9.17) is 4.74 Å². The molecule has 0 bridgehead atoms. The van der Waals surface area contributed by atoms with Gasteiger partial charge in [-0.3, -0.25) is 9.59 Å². The number of rotatable bonds is 8. The third-order valence-corrected chi connectivity index (χ3v) is 6.79. The van der Waals surface area contributed by atoms with Gasteiger partial charge < -0.3 is 20.3 Å². The lowest BCUT2D eigenvalue weighted by molar-refractivity contribution is -0.117. The fraction of sp³-hybridized carbons (Fsp3) is 0.474. The minimum Gasteiger partial charge on any atom is -0.376 e. The zero-order valence-corrected chi connectivity index (χ0v) is 17.6. The predicted octanol–water partition coefficient (Wildman–Crippen LogP) is 2.99. The highest BCUT2D eigenvalue weighted by Gasteiger charge is 2.21. The Morgan fingerprint density at radius 1 is 1.28 bits per heavy atom. The topological polar surface area (TPSA) is 96.4 Å². The maximum Gasteiger partial charge on any atom is 0.234 e. The normalized spacial score (nSPS) is 19.0. The summed E-state index contributed by atoms with van der Waals surface area (Å²) < 4.78 is 6.32. The van der Waals surface area contributed by atoms with Crippen LogP contribution in [0.3, 0.4) is 0 Å². The monoisotopic (exact) mass is 433 g/mol. The van der Waals surface area contributed by atoms with Crippen LogP contribution in [0.5, 0.6) is 0 Å². The highest BCUT2D eigenvalue weighted by molar-refractivity contribution is 8.01. The van der Waals surface area contributed by atoms with Crippen LogP contribution in [0, 0.1) is 0 Å². The van der Waals surface area contributed by atoms with E-state index in [1.165, 1.54) is 23.1 Å². The third-order valence-electron chi connectivity index (χ3n) is 4.77. The molecule has 2 aliphatic heterocycles. The molecule has 29 heavy (non-hydrogen) atoms. The van der Waals surface area contributed by atoms with Crippen molar-refractivity contribution < 1.29 is 14.3 Å². The molecule has 2 aliphatic rings. The van der Waals surface area contributed by atoms with Crippen LogP contribution in [0.1, 0.15) is 25.7 Å². The molecule has 1 aromatic carbocycles. The van der Waals surface area contributed by atoms with Crippen LogP contribution < -0.4 is 15.5 Å². The molecule has 0 spiro atoms. The summed E-state index contributed by atoms with van der Waals surface area (Å²) in [5.74, 6) is 0.302. The largest absolute Gasteiger partial charge is 0.376 e. The first-order valence-electron chi connectivity index (χ1n) is 9.69. The molecule has 154 valence electrons. The van der Waals surface area contributed by atoms with E-state index in [2.05, 4.69) is 20.8 Å². The van der Waals surface area contributed by atoms with Crippen LogP contribution in [0.2, 0.25) is 0 Å². The first-order valence-corrected chi connectivity index (χ1v) is 11.5. The summed E-state index contributed by atoms with van der Waals surface area (Å²) in [6, 6.07) is 7.37. The lowest BCUT2D eigenvalue weighted by Gasteiger charge is -2.16. The number of aromatic nitrogens is 2. The van der Waals surface area contributed by atoms with Gasteiger partial charge in [-0.05, 0) is 43.5 Å². The van der Waals surface area contributed by atoms with Gasteiger partial charge in [-0.2, -0.15) is 0 Å².